The van der Waals surface area contributed by atoms with Crippen molar-refractivity contribution in [1.29, 1.82) is 0 Å². The van der Waals surface area contributed by atoms with Crippen LogP contribution in [0.25, 0.3) is 0 Å². The molecule has 1 saturated heterocycles. The Bertz CT molecular complexity index is 1730. The van der Waals surface area contributed by atoms with Crippen LogP contribution in [0.2, 0.25) is 0 Å². The highest BCUT2D eigenvalue weighted by molar-refractivity contribution is 6.03. The van der Waals surface area contributed by atoms with E-state index in [4.69, 9.17) is 9.72 Å². The lowest BCUT2D eigenvalue weighted by molar-refractivity contribution is -0.122. The van der Waals surface area contributed by atoms with Crippen LogP contribution in [0.4, 0.5) is 23.1 Å². The van der Waals surface area contributed by atoms with Gasteiger partial charge in [0, 0.05) is 56.9 Å². The van der Waals surface area contributed by atoms with Crippen LogP contribution in [0, 0.1) is 5.41 Å². The van der Waals surface area contributed by atoms with Crippen molar-refractivity contribution in [3.63, 3.8) is 0 Å². The van der Waals surface area contributed by atoms with Crippen LogP contribution in [0.15, 0.2) is 54.7 Å². The Morgan fingerprint density at radius 1 is 0.923 bits per heavy atom. The summed E-state index contributed by atoms with van der Waals surface area (Å²) in [7, 11) is 3.47. The molecule has 0 unspecified atom stereocenters. The Hall–Kier alpha value is -4.22. The summed E-state index contributed by atoms with van der Waals surface area (Å²) in [4.78, 5) is 46.0. The lowest BCUT2D eigenvalue weighted by Gasteiger charge is -2.36. The highest BCUT2D eigenvalue weighted by Crippen LogP contribution is 2.52. The zero-order valence-corrected chi connectivity index (χ0v) is 30.9. The van der Waals surface area contributed by atoms with Crippen LogP contribution in [0.5, 0.6) is 5.75 Å². The van der Waals surface area contributed by atoms with Gasteiger partial charge in [0.25, 0.3) is 5.91 Å². The SMILES string of the molecule is COc1cc(C(=O)NC2CCC(N3CCCN(Cc4ccccc4)CC3)CC2)ccc1Nc1ncc2c(n1)N(C1CCCC1)CC1(CC1)C(=O)N2C. The molecule has 11 nitrogen and oxygen atoms in total. The molecule has 3 aliphatic carbocycles. The molecule has 0 bridgehead atoms. The number of methoxy groups -OCH3 is 1. The van der Waals surface area contributed by atoms with Crippen molar-refractivity contribution in [2.75, 3.05) is 62.0 Å². The number of hydrogen-bond acceptors (Lipinski definition) is 9. The zero-order valence-electron chi connectivity index (χ0n) is 30.9. The molecule has 52 heavy (non-hydrogen) atoms. The van der Waals surface area contributed by atoms with Gasteiger partial charge in [0.05, 0.1) is 24.4 Å². The van der Waals surface area contributed by atoms with Crippen molar-refractivity contribution >= 4 is 35.0 Å². The molecular weight excluding hydrogens is 653 g/mol. The normalized spacial score (nSPS) is 23.9. The maximum absolute atomic E-state index is 13.5. The van der Waals surface area contributed by atoms with Crippen LogP contribution >= 0.6 is 0 Å². The van der Waals surface area contributed by atoms with E-state index in [-0.39, 0.29) is 23.3 Å². The molecule has 2 N–H and O–H groups in total. The summed E-state index contributed by atoms with van der Waals surface area (Å²) >= 11 is 0. The summed E-state index contributed by atoms with van der Waals surface area (Å²) < 4.78 is 5.76. The van der Waals surface area contributed by atoms with Crippen LogP contribution in [-0.4, -0.2) is 96.6 Å². The molecule has 3 aromatic rings. The first-order valence-corrected chi connectivity index (χ1v) is 19.6. The molecule has 8 rings (SSSR count). The number of fused-ring (bicyclic) bond motifs is 1. The molecule has 2 aromatic carbocycles. The van der Waals surface area contributed by atoms with Gasteiger partial charge in [-0.3, -0.25) is 19.4 Å². The average molecular weight is 707 g/mol. The molecule has 3 saturated carbocycles. The summed E-state index contributed by atoms with van der Waals surface area (Å²) in [5, 5.41) is 6.67. The van der Waals surface area contributed by atoms with E-state index >= 15 is 0 Å². The van der Waals surface area contributed by atoms with Crippen LogP contribution < -0.4 is 25.2 Å². The Morgan fingerprint density at radius 2 is 1.71 bits per heavy atom. The van der Waals surface area contributed by atoms with E-state index in [0.29, 0.717) is 41.6 Å². The van der Waals surface area contributed by atoms with Gasteiger partial charge in [-0.25, -0.2) is 4.98 Å². The molecule has 0 atom stereocenters. The number of nitrogens with one attached hydrogen (secondary N) is 2. The number of carbonyl (C=O) groups is 2. The van der Waals surface area contributed by atoms with Crippen molar-refractivity contribution in [2.24, 2.45) is 5.41 Å². The van der Waals surface area contributed by atoms with Crippen molar-refractivity contribution in [2.45, 2.75) is 95.3 Å². The fraction of sp³-hybridized carbons (Fsp3) is 0.561. The largest absolute Gasteiger partial charge is 0.495 e. The van der Waals surface area contributed by atoms with E-state index in [2.05, 4.69) is 60.6 Å². The topological polar surface area (TPSA) is 106 Å². The first-order chi connectivity index (χ1) is 25.4. The van der Waals surface area contributed by atoms with E-state index in [1.165, 1.54) is 24.8 Å². The number of benzene rings is 2. The standard InChI is InChI=1S/C41H54N8O3/c1-46-35-26-42-40(45-37(35)49(33-11-6-7-12-33)28-41(19-20-41)39(46)51)44-34-18-13-30(25-36(34)52-2)38(50)43-31-14-16-32(17-15-31)48-22-8-21-47(23-24-48)27-29-9-4-3-5-10-29/h3-5,9-10,13,18,25-26,31-33H,6-8,11-12,14-17,19-24,27-28H2,1-2H3,(H,43,50)(H,42,44,45). The molecule has 3 heterocycles. The number of anilines is 4. The van der Waals surface area contributed by atoms with Gasteiger partial charge < -0.3 is 25.2 Å². The molecule has 276 valence electrons. The van der Waals surface area contributed by atoms with Crippen molar-refractivity contribution in [3.05, 3.63) is 65.9 Å². The molecule has 0 radical (unpaired) electrons. The van der Waals surface area contributed by atoms with Gasteiger partial charge in [-0.05, 0) is 94.6 Å². The van der Waals surface area contributed by atoms with E-state index in [1.54, 1.807) is 24.3 Å². The number of amides is 2. The van der Waals surface area contributed by atoms with Gasteiger partial charge in [-0.2, -0.15) is 4.98 Å². The van der Waals surface area contributed by atoms with E-state index in [0.717, 1.165) is 95.6 Å². The van der Waals surface area contributed by atoms with Gasteiger partial charge in [0.15, 0.2) is 5.82 Å². The third kappa shape index (κ3) is 7.35. The Morgan fingerprint density at radius 3 is 2.46 bits per heavy atom. The first kappa shape index (κ1) is 34.8. The monoisotopic (exact) mass is 706 g/mol. The predicted molar refractivity (Wildman–Crippen MR) is 204 cm³/mol. The van der Waals surface area contributed by atoms with Crippen LogP contribution in [0.1, 0.15) is 86.6 Å². The third-order valence-electron chi connectivity index (χ3n) is 12.4. The summed E-state index contributed by atoms with van der Waals surface area (Å²) in [6, 6.07) is 17.4. The minimum absolute atomic E-state index is 0.0742. The Balaban J connectivity index is 0.879. The average Bonchev–Trinajstić information content (AvgIpc) is 3.85. The number of carbonyl (C=O) groups excluding carboxylic acids is 2. The maximum Gasteiger partial charge on any atom is 0.251 e. The van der Waals surface area contributed by atoms with Crippen molar-refractivity contribution in [1.82, 2.24) is 25.1 Å². The van der Waals surface area contributed by atoms with Gasteiger partial charge in [-0.15, -0.1) is 0 Å². The summed E-state index contributed by atoms with van der Waals surface area (Å²) in [5.74, 6) is 1.90. The zero-order chi connectivity index (χ0) is 35.7. The van der Waals surface area contributed by atoms with Crippen molar-refractivity contribution in [3.8, 4) is 5.75 Å². The fourth-order valence-corrected chi connectivity index (χ4v) is 9.12. The maximum atomic E-state index is 13.5. The Labute approximate surface area is 308 Å². The molecular formula is C41H54N8O3. The molecule has 4 fully saturated rings. The highest BCUT2D eigenvalue weighted by Gasteiger charge is 2.55. The van der Waals surface area contributed by atoms with Crippen LogP contribution in [-0.2, 0) is 11.3 Å². The molecule has 2 aliphatic heterocycles. The second-order valence-electron chi connectivity index (χ2n) is 15.8. The summed E-state index contributed by atoms with van der Waals surface area (Å²) in [6.07, 6.45) is 13.7. The number of nitrogens with zero attached hydrogens (tertiary/aromatic N) is 6. The van der Waals surface area contributed by atoms with E-state index < -0.39 is 0 Å². The van der Waals surface area contributed by atoms with Crippen molar-refractivity contribution < 1.29 is 14.3 Å². The number of aromatic nitrogens is 2. The Kier molecular flexibility index (Phi) is 10.1. The van der Waals surface area contributed by atoms with Gasteiger partial charge in [-0.1, -0.05) is 43.2 Å². The molecule has 1 aromatic heterocycles. The molecule has 5 aliphatic rings. The predicted octanol–water partition coefficient (Wildman–Crippen LogP) is 5.98. The minimum Gasteiger partial charge on any atom is -0.495 e. The van der Waals surface area contributed by atoms with Gasteiger partial charge in [0.2, 0.25) is 11.9 Å². The number of ether oxygens (including phenoxy) is 1. The fourth-order valence-electron chi connectivity index (χ4n) is 9.12. The van der Waals surface area contributed by atoms with Gasteiger partial charge >= 0.3 is 0 Å². The lowest BCUT2D eigenvalue weighted by Crippen LogP contribution is -2.45. The quantitative estimate of drug-likeness (QED) is 0.278. The number of rotatable bonds is 9. The molecule has 1 spiro atoms. The molecule has 11 heteroatoms. The summed E-state index contributed by atoms with van der Waals surface area (Å²) in [5.41, 5.74) is 3.10. The van der Waals surface area contributed by atoms with E-state index in [9.17, 15) is 9.59 Å². The van der Waals surface area contributed by atoms with Crippen LogP contribution in [0.3, 0.4) is 0 Å². The molecule has 2 amide bonds. The second kappa shape index (κ2) is 15.0. The third-order valence-corrected chi connectivity index (χ3v) is 12.4. The minimum atomic E-state index is -0.303. The lowest BCUT2D eigenvalue weighted by atomic mass is 9.89. The number of hydrogen-bond donors (Lipinski definition) is 2. The van der Waals surface area contributed by atoms with E-state index in [1.807, 2.05) is 19.2 Å². The van der Waals surface area contributed by atoms with Gasteiger partial charge in [0.1, 0.15) is 11.4 Å². The first-order valence-electron chi connectivity index (χ1n) is 19.6. The summed E-state index contributed by atoms with van der Waals surface area (Å²) in [6.45, 7) is 6.26. The smallest absolute Gasteiger partial charge is 0.251 e. The highest BCUT2D eigenvalue weighted by atomic mass is 16.5. The second-order valence-corrected chi connectivity index (χ2v) is 15.8.